The maximum atomic E-state index is 12.1. The number of nitrogens with zero attached hydrogens (tertiary/aromatic N) is 1. The first-order chi connectivity index (χ1) is 8.04. The summed E-state index contributed by atoms with van der Waals surface area (Å²) < 4.78 is 0. The molecule has 0 bridgehead atoms. The third-order valence-corrected chi connectivity index (χ3v) is 3.37. The summed E-state index contributed by atoms with van der Waals surface area (Å²) in [5.74, 6) is 0.141. The highest BCUT2D eigenvalue weighted by atomic mass is 32.1. The number of carbonyl (C=O) groups is 1. The molecule has 0 atom stereocenters. The molecule has 0 amide bonds. The van der Waals surface area contributed by atoms with Crippen molar-refractivity contribution in [2.45, 2.75) is 27.2 Å². The van der Waals surface area contributed by atoms with Crippen LogP contribution in [0.15, 0.2) is 23.6 Å². The molecule has 0 N–H and O–H groups in total. The van der Waals surface area contributed by atoms with Gasteiger partial charge in [-0.2, -0.15) is 0 Å². The second-order valence-electron chi connectivity index (χ2n) is 4.33. The van der Waals surface area contributed by atoms with Gasteiger partial charge in [-0.15, -0.1) is 11.3 Å². The van der Waals surface area contributed by atoms with Crippen molar-refractivity contribution in [1.82, 2.24) is 4.98 Å². The maximum Gasteiger partial charge on any atom is 0.168 e. The van der Waals surface area contributed by atoms with Gasteiger partial charge in [-0.25, -0.2) is 4.98 Å². The summed E-state index contributed by atoms with van der Waals surface area (Å²) in [7, 11) is 0. The molecule has 0 saturated carbocycles. The number of Topliss-reactive ketones (excluding diaryl/α,β-unsaturated/α-hetero) is 1. The van der Waals surface area contributed by atoms with Gasteiger partial charge in [0, 0.05) is 10.9 Å². The lowest BCUT2D eigenvalue weighted by molar-refractivity contribution is 0.0992. The van der Waals surface area contributed by atoms with E-state index in [9.17, 15) is 4.79 Å². The van der Waals surface area contributed by atoms with Crippen molar-refractivity contribution in [1.29, 1.82) is 0 Å². The zero-order chi connectivity index (χ0) is 12.4. The van der Waals surface area contributed by atoms with Crippen LogP contribution in [0.4, 0.5) is 0 Å². The quantitative estimate of drug-likeness (QED) is 0.775. The number of aryl methyl sites for hydroxylation is 3. The molecule has 0 aliphatic heterocycles. The molecule has 2 aromatic rings. The molecule has 3 heteroatoms. The van der Waals surface area contributed by atoms with Crippen molar-refractivity contribution in [3.8, 4) is 0 Å². The van der Waals surface area contributed by atoms with Crippen molar-refractivity contribution in [2.75, 3.05) is 0 Å². The standard InChI is InChI=1S/C14H15NOS/c1-9-4-10(2)6-12(5-9)14(16)7-13-8-17-11(3)15-13/h4-6,8H,7H2,1-3H3. The molecule has 0 unspecified atom stereocenters. The van der Waals surface area contributed by atoms with Crippen LogP contribution in [0.25, 0.3) is 0 Å². The van der Waals surface area contributed by atoms with E-state index >= 15 is 0 Å². The minimum atomic E-state index is 0.141. The predicted molar refractivity (Wildman–Crippen MR) is 70.8 cm³/mol. The van der Waals surface area contributed by atoms with E-state index in [4.69, 9.17) is 0 Å². The zero-order valence-corrected chi connectivity index (χ0v) is 11.1. The van der Waals surface area contributed by atoms with Crippen LogP contribution in [-0.4, -0.2) is 10.8 Å². The van der Waals surface area contributed by atoms with Crippen molar-refractivity contribution >= 4 is 17.1 Å². The Morgan fingerprint density at radius 3 is 2.35 bits per heavy atom. The van der Waals surface area contributed by atoms with Gasteiger partial charge in [0.25, 0.3) is 0 Å². The Morgan fingerprint density at radius 1 is 1.18 bits per heavy atom. The molecule has 2 nitrogen and oxygen atoms in total. The number of ketones is 1. The summed E-state index contributed by atoms with van der Waals surface area (Å²) in [5, 5.41) is 2.96. The summed E-state index contributed by atoms with van der Waals surface area (Å²) in [6, 6.07) is 5.95. The van der Waals surface area contributed by atoms with Gasteiger partial charge in [0.15, 0.2) is 5.78 Å². The van der Waals surface area contributed by atoms with Gasteiger partial charge in [-0.3, -0.25) is 4.79 Å². The Hall–Kier alpha value is -1.48. The number of hydrogen-bond donors (Lipinski definition) is 0. The van der Waals surface area contributed by atoms with E-state index in [1.54, 1.807) is 11.3 Å². The molecular formula is C14H15NOS. The van der Waals surface area contributed by atoms with Crippen molar-refractivity contribution in [3.63, 3.8) is 0 Å². The number of thiazole rings is 1. The van der Waals surface area contributed by atoms with Gasteiger partial charge in [-0.1, -0.05) is 17.2 Å². The lowest BCUT2D eigenvalue weighted by atomic mass is 10.0. The van der Waals surface area contributed by atoms with Crippen LogP contribution in [0.3, 0.4) is 0 Å². The van der Waals surface area contributed by atoms with Gasteiger partial charge >= 0.3 is 0 Å². The van der Waals surface area contributed by atoms with Gasteiger partial charge in [-0.05, 0) is 32.9 Å². The first kappa shape index (κ1) is 12.0. The molecule has 1 heterocycles. The molecule has 1 aromatic heterocycles. The minimum Gasteiger partial charge on any atom is -0.294 e. The summed E-state index contributed by atoms with van der Waals surface area (Å²) >= 11 is 1.58. The second kappa shape index (κ2) is 4.80. The number of rotatable bonds is 3. The van der Waals surface area contributed by atoms with E-state index in [0.717, 1.165) is 27.4 Å². The van der Waals surface area contributed by atoms with E-state index in [0.29, 0.717) is 6.42 Å². The Bertz CT molecular complexity index is 537. The van der Waals surface area contributed by atoms with Crippen molar-refractivity contribution < 1.29 is 4.79 Å². The van der Waals surface area contributed by atoms with Crippen LogP contribution in [0.1, 0.15) is 32.2 Å². The van der Waals surface area contributed by atoms with Crippen LogP contribution in [0, 0.1) is 20.8 Å². The monoisotopic (exact) mass is 245 g/mol. The van der Waals surface area contributed by atoms with Gasteiger partial charge < -0.3 is 0 Å². The lowest BCUT2D eigenvalue weighted by Crippen LogP contribution is -2.04. The molecule has 0 aliphatic rings. The molecule has 17 heavy (non-hydrogen) atoms. The van der Waals surface area contributed by atoms with Crippen molar-refractivity contribution in [3.05, 3.63) is 51.0 Å². The Balaban J connectivity index is 2.19. The summed E-state index contributed by atoms with van der Waals surface area (Å²) in [4.78, 5) is 16.4. The van der Waals surface area contributed by atoms with Crippen LogP contribution in [-0.2, 0) is 6.42 Å². The molecular weight excluding hydrogens is 230 g/mol. The summed E-state index contributed by atoms with van der Waals surface area (Å²) in [6.07, 6.45) is 0.396. The van der Waals surface area contributed by atoms with E-state index in [-0.39, 0.29) is 5.78 Å². The summed E-state index contributed by atoms with van der Waals surface area (Å²) in [5.41, 5.74) is 3.91. The maximum absolute atomic E-state index is 12.1. The third-order valence-electron chi connectivity index (χ3n) is 2.55. The molecule has 2 rings (SSSR count). The van der Waals surface area contributed by atoms with Crippen LogP contribution in [0.2, 0.25) is 0 Å². The smallest absolute Gasteiger partial charge is 0.168 e. The molecule has 0 saturated heterocycles. The van der Waals surface area contributed by atoms with Crippen LogP contribution < -0.4 is 0 Å². The second-order valence-corrected chi connectivity index (χ2v) is 5.40. The van der Waals surface area contributed by atoms with Gasteiger partial charge in [0.2, 0.25) is 0 Å². The molecule has 0 fully saturated rings. The SMILES string of the molecule is Cc1cc(C)cc(C(=O)Cc2csc(C)n2)c1. The zero-order valence-electron chi connectivity index (χ0n) is 10.3. The number of carbonyl (C=O) groups excluding carboxylic acids is 1. The fourth-order valence-corrected chi connectivity index (χ4v) is 2.50. The molecule has 0 radical (unpaired) electrons. The highest BCUT2D eigenvalue weighted by molar-refractivity contribution is 7.09. The average molecular weight is 245 g/mol. The van der Waals surface area contributed by atoms with E-state index in [1.165, 1.54) is 0 Å². The summed E-state index contributed by atoms with van der Waals surface area (Å²) in [6.45, 7) is 5.98. The first-order valence-corrected chi connectivity index (χ1v) is 6.45. The normalized spacial score (nSPS) is 10.5. The fraction of sp³-hybridized carbons (Fsp3) is 0.286. The lowest BCUT2D eigenvalue weighted by Gasteiger charge is -2.03. The minimum absolute atomic E-state index is 0.141. The Kier molecular flexibility index (Phi) is 3.38. The highest BCUT2D eigenvalue weighted by Gasteiger charge is 2.10. The Labute approximate surface area is 105 Å². The number of benzene rings is 1. The highest BCUT2D eigenvalue weighted by Crippen LogP contribution is 2.14. The largest absolute Gasteiger partial charge is 0.294 e. The van der Waals surface area contributed by atoms with E-state index in [1.807, 2.05) is 38.3 Å². The topological polar surface area (TPSA) is 30.0 Å². The van der Waals surface area contributed by atoms with E-state index in [2.05, 4.69) is 11.1 Å². The molecule has 88 valence electrons. The molecule has 0 aliphatic carbocycles. The number of hydrogen-bond acceptors (Lipinski definition) is 3. The predicted octanol–water partition coefficient (Wildman–Crippen LogP) is 3.49. The van der Waals surface area contributed by atoms with Gasteiger partial charge in [0.1, 0.15) is 0 Å². The Morgan fingerprint density at radius 2 is 1.82 bits per heavy atom. The molecule has 0 spiro atoms. The van der Waals surface area contributed by atoms with Crippen molar-refractivity contribution in [2.24, 2.45) is 0 Å². The fourth-order valence-electron chi connectivity index (χ4n) is 1.89. The molecule has 1 aromatic carbocycles. The number of aromatic nitrogens is 1. The first-order valence-electron chi connectivity index (χ1n) is 5.57. The van der Waals surface area contributed by atoms with Crippen LogP contribution in [0.5, 0.6) is 0 Å². The van der Waals surface area contributed by atoms with Gasteiger partial charge in [0.05, 0.1) is 17.1 Å². The van der Waals surface area contributed by atoms with E-state index < -0.39 is 0 Å². The third kappa shape index (κ3) is 3.01. The average Bonchev–Trinajstić information content (AvgIpc) is 2.62. The van der Waals surface area contributed by atoms with Crippen LogP contribution >= 0.6 is 11.3 Å².